The third-order valence-corrected chi connectivity index (χ3v) is 3.15. The quantitative estimate of drug-likeness (QED) is 0.752. The van der Waals surface area contributed by atoms with Crippen molar-refractivity contribution in [1.82, 2.24) is 5.32 Å². The van der Waals surface area contributed by atoms with Gasteiger partial charge in [0.2, 0.25) is 0 Å². The number of nitrogens with one attached hydrogen (secondary N) is 1. The van der Waals surface area contributed by atoms with Crippen LogP contribution in [0, 0.1) is 6.92 Å². The van der Waals surface area contributed by atoms with E-state index in [-0.39, 0.29) is 11.5 Å². The number of aromatic hydroxyl groups is 1. The first-order valence-corrected chi connectivity index (χ1v) is 7.11. The highest BCUT2D eigenvalue weighted by atomic mass is 32.2. The minimum atomic E-state index is -2.92. The van der Waals surface area contributed by atoms with Gasteiger partial charge in [0, 0.05) is 24.9 Å². The molecule has 0 spiro atoms. The molecular formula is C11H17NO3S. The van der Waals surface area contributed by atoms with E-state index < -0.39 is 9.84 Å². The van der Waals surface area contributed by atoms with Crippen LogP contribution in [0.15, 0.2) is 18.2 Å². The van der Waals surface area contributed by atoms with Crippen LogP contribution in [-0.2, 0) is 16.4 Å². The molecule has 0 unspecified atom stereocenters. The number of aryl methyl sites for hydroxylation is 1. The van der Waals surface area contributed by atoms with Gasteiger partial charge in [-0.05, 0) is 13.0 Å². The van der Waals surface area contributed by atoms with E-state index in [1.165, 1.54) is 6.26 Å². The van der Waals surface area contributed by atoms with Crippen molar-refractivity contribution in [2.24, 2.45) is 0 Å². The summed E-state index contributed by atoms with van der Waals surface area (Å²) in [5.74, 6) is 0.344. The van der Waals surface area contributed by atoms with E-state index in [0.717, 1.165) is 11.1 Å². The average Bonchev–Trinajstić information content (AvgIpc) is 2.16. The van der Waals surface area contributed by atoms with Gasteiger partial charge in [-0.3, -0.25) is 0 Å². The van der Waals surface area contributed by atoms with Crippen LogP contribution in [0.5, 0.6) is 5.75 Å². The van der Waals surface area contributed by atoms with Crippen molar-refractivity contribution in [1.29, 1.82) is 0 Å². The maximum Gasteiger partial charge on any atom is 0.148 e. The van der Waals surface area contributed by atoms with Crippen molar-refractivity contribution in [3.05, 3.63) is 29.3 Å². The molecule has 1 rings (SSSR count). The molecule has 0 saturated heterocycles. The van der Waals surface area contributed by atoms with E-state index in [4.69, 9.17) is 0 Å². The van der Waals surface area contributed by atoms with Gasteiger partial charge in [0.25, 0.3) is 0 Å². The molecule has 1 aromatic carbocycles. The van der Waals surface area contributed by atoms with Crippen LogP contribution < -0.4 is 5.32 Å². The van der Waals surface area contributed by atoms with Crippen LogP contribution >= 0.6 is 0 Å². The van der Waals surface area contributed by atoms with Crippen molar-refractivity contribution < 1.29 is 13.5 Å². The highest BCUT2D eigenvalue weighted by Crippen LogP contribution is 2.17. The molecule has 2 N–H and O–H groups in total. The summed E-state index contributed by atoms with van der Waals surface area (Å²) in [6, 6.07) is 5.35. The Hall–Kier alpha value is -1.07. The lowest BCUT2D eigenvalue weighted by Crippen LogP contribution is -2.22. The second kappa shape index (κ2) is 5.32. The van der Waals surface area contributed by atoms with E-state index in [1.54, 1.807) is 6.07 Å². The Balaban J connectivity index is 2.46. The largest absolute Gasteiger partial charge is 0.508 e. The fourth-order valence-corrected chi connectivity index (χ4v) is 1.85. The molecule has 0 aliphatic carbocycles. The lowest BCUT2D eigenvalue weighted by Gasteiger charge is -2.07. The molecule has 1 aromatic rings. The summed E-state index contributed by atoms with van der Waals surface area (Å²) >= 11 is 0. The van der Waals surface area contributed by atoms with Crippen molar-refractivity contribution in [2.75, 3.05) is 18.6 Å². The highest BCUT2D eigenvalue weighted by Gasteiger charge is 2.03. The van der Waals surface area contributed by atoms with E-state index >= 15 is 0 Å². The van der Waals surface area contributed by atoms with Crippen LogP contribution in [0.3, 0.4) is 0 Å². The van der Waals surface area contributed by atoms with Crippen LogP contribution in [-0.4, -0.2) is 32.1 Å². The van der Waals surface area contributed by atoms with E-state index in [9.17, 15) is 13.5 Å². The molecule has 5 heteroatoms. The van der Waals surface area contributed by atoms with Gasteiger partial charge in [-0.2, -0.15) is 0 Å². The molecule has 90 valence electrons. The van der Waals surface area contributed by atoms with Crippen molar-refractivity contribution in [3.63, 3.8) is 0 Å². The van der Waals surface area contributed by atoms with Crippen molar-refractivity contribution >= 4 is 9.84 Å². The minimum absolute atomic E-state index is 0.111. The Morgan fingerprint density at radius 1 is 1.38 bits per heavy atom. The Morgan fingerprint density at radius 2 is 2.06 bits per heavy atom. The number of benzene rings is 1. The van der Waals surface area contributed by atoms with Gasteiger partial charge in [0.05, 0.1) is 5.75 Å². The standard InChI is InChI=1S/C11H17NO3S/c1-9-3-4-11(13)10(7-9)8-12-5-6-16(2,14)15/h3-4,7,12-13H,5-6,8H2,1-2H3. The van der Waals surface area contributed by atoms with Gasteiger partial charge >= 0.3 is 0 Å². The summed E-state index contributed by atoms with van der Waals surface area (Å²) in [6.07, 6.45) is 1.21. The fraction of sp³-hybridized carbons (Fsp3) is 0.455. The zero-order valence-electron chi connectivity index (χ0n) is 9.53. The lowest BCUT2D eigenvalue weighted by atomic mass is 10.1. The maximum atomic E-state index is 10.9. The Labute approximate surface area is 96.2 Å². The number of hydrogen-bond acceptors (Lipinski definition) is 4. The molecule has 0 saturated carbocycles. The summed E-state index contributed by atoms with van der Waals surface area (Å²) in [5, 5.41) is 12.5. The number of phenols is 1. The molecule has 0 heterocycles. The zero-order valence-corrected chi connectivity index (χ0v) is 10.3. The van der Waals surface area contributed by atoms with Gasteiger partial charge in [0.15, 0.2) is 0 Å². The Morgan fingerprint density at radius 3 is 2.69 bits per heavy atom. The first-order chi connectivity index (χ1) is 7.38. The number of sulfone groups is 1. The molecule has 0 atom stereocenters. The molecule has 0 fully saturated rings. The topological polar surface area (TPSA) is 66.4 Å². The molecule has 0 amide bonds. The van der Waals surface area contributed by atoms with Crippen LogP contribution in [0.1, 0.15) is 11.1 Å². The van der Waals surface area contributed by atoms with Gasteiger partial charge in [-0.1, -0.05) is 17.7 Å². The molecular weight excluding hydrogens is 226 g/mol. The van der Waals surface area contributed by atoms with E-state index in [1.807, 2.05) is 19.1 Å². The lowest BCUT2D eigenvalue weighted by molar-refractivity contribution is 0.465. The Bertz CT molecular complexity index is 454. The van der Waals surface area contributed by atoms with Crippen LogP contribution in [0.4, 0.5) is 0 Å². The minimum Gasteiger partial charge on any atom is -0.508 e. The van der Waals surface area contributed by atoms with E-state index in [0.29, 0.717) is 13.1 Å². The third kappa shape index (κ3) is 4.63. The second-order valence-electron chi connectivity index (χ2n) is 3.94. The number of phenolic OH excluding ortho intramolecular Hbond substituents is 1. The SMILES string of the molecule is Cc1ccc(O)c(CNCCS(C)(=O)=O)c1. The van der Waals surface area contributed by atoms with E-state index in [2.05, 4.69) is 5.32 Å². The summed E-state index contributed by atoms with van der Waals surface area (Å²) in [4.78, 5) is 0. The van der Waals surface area contributed by atoms with Crippen molar-refractivity contribution in [3.8, 4) is 5.75 Å². The fourth-order valence-electron chi connectivity index (χ4n) is 1.34. The first-order valence-electron chi connectivity index (χ1n) is 5.05. The monoisotopic (exact) mass is 243 g/mol. The molecule has 0 aliphatic heterocycles. The Kier molecular flexibility index (Phi) is 4.32. The molecule has 16 heavy (non-hydrogen) atoms. The normalized spacial score (nSPS) is 11.6. The molecule has 0 aromatic heterocycles. The summed E-state index contributed by atoms with van der Waals surface area (Å²) in [7, 11) is -2.92. The summed E-state index contributed by atoms with van der Waals surface area (Å²) in [5.41, 5.74) is 1.85. The average molecular weight is 243 g/mol. The van der Waals surface area contributed by atoms with Crippen LogP contribution in [0.2, 0.25) is 0 Å². The summed E-state index contributed by atoms with van der Waals surface area (Å²) < 4.78 is 21.7. The van der Waals surface area contributed by atoms with Gasteiger partial charge in [-0.15, -0.1) is 0 Å². The number of rotatable bonds is 5. The molecule has 0 bridgehead atoms. The highest BCUT2D eigenvalue weighted by molar-refractivity contribution is 7.90. The second-order valence-corrected chi connectivity index (χ2v) is 6.20. The maximum absolute atomic E-state index is 10.9. The van der Waals surface area contributed by atoms with Crippen LogP contribution in [0.25, 0.3) is 0 Å². The molecule has 0 aliphatic rings. The molecule has 0 radical (unpaired) electrons. The predicted molar refractivity (Wildman–Crippen MR) is 64.3 cm³/mol. The number of hydrogen-bond donors (Lipinski definition) is 2. The smallest absolute Gasteiger partial charge is 0.148 e. The first kappa shape index (κ1) is 13.0. The van der Waals surface area contributed by atoms with Crippen molar-refractivity contribution in [2.45, 2.75) is 13.5 Å². The van der Waals surface area contributed by atoms with Gasteiger partial charge in [-0.25, -0.2) is 8.42 Å². The third-order valence-electron chi connectivity index (χ3n) is 2.20. The zero-order chi connectivity index (χ0) is 12.2. The predicted octanol–water partition coefficient (Wildman–Crippen LogP) is 0.835. The molecule has 4 nitrogen and oxygen atoms in total. The summed E-state index contributed by atoms with van der Waals surface area (Å²) in [6.45, 7) is 2.81. The van der Waals surface area contributed by atoms with Gasteiger partial charge < -0.3 is 10.4 Å². The van der Waals surface area contributed by atoms with Gasteiger partial charge in [0.1, 0.15) is 15.6 Å².